The summed E-state index contributed by atoms with van der Waals surface area (Å²) in [5.74, 6) is 0. The van der Waals surface area contributed by atoms with Gasteiger partial charge in [0.2, 0.25) is 0 Å². The molecule has 0 saturated heterocycles. The maximum atomic E-state index is 3.63. The van der Waals surface area contributed by atoms with Crippen molar-refractivity contribution in [3.05, 3.63) is 146 Å². The quantitative estimate of drug-likeness (QED) is 0.172. The third-order valence-corrected chi connectivity index (χ3v) is 9.19. The van der Waals surface area contributed by atoms with Gasteiger partial charge < -0.3 is 0 Å². The Balaban J connectivity index is 1.18. The molecule has 0 aromatic heterocycles. The fraction of sp³-hybridized carbons (Fsp3) is 0. The molecule has 1 radical (unpaired) electrons. The van der Waals surface area contributed by atoms with E-state index in [-0.39, 0.29) is 0 Å². The number of hydrogen-bond acceptors (Lipinski definition) is 0. The van der Waals surface area contributed by atoms with Crippen LogP contribution >= 0.6 is 0 Å². The maximum Gasteiger partial charge on any atom is -0.00141 e. The summed E-state index contributed by atoms with van der Waals surface area (Å²) in [5.41, 5.74) is 0. The molecule has 0 heteroatoms. The minimum atomic E-state index is 1.16. The molecule has 0 aliphatic rings. The summed E-state index contributed by atoms with van der Waals surface area (Å²) in [4.78, 5) is 0. The second kappa shape index (κ2) is 8.06. The van der Waals surface area contributed by atoms with E-state index >= 15 is 0 Å². The minimum absolute atomic E-state index is 1.16. The van der Waals surface area contributed by atoms with Crippen LogP contribution in [0.2, 0.25) is 0 Å². The molecule has 10 aromatic carbocycles. The van der Waals surface area contributed by atoms with Crippen molar-refractivity contribution >= 4 is 97.0 Å². The van der Waals surface area contributed by atoms with E-state index in [9.17, 15) is 0 Å². The Hall–Kier alpha value is -5.46. The van der Waals surface area contributed by atoms with Crippen LogP contribution in [-0.4, -0.2) is 0 Å². The summed E-state index contributed by atoms with van der Waals surface area (Å²) in [7, 11) is 0. The molecule has 0 amide bonds. The molecule has 0 aliphatic carbocycles. The Kier molecular flexibility index (Phi) is 4.27. The molecule has 10 rings (SSSR count). The zero-order chi connectivity index (χ0) is 27.4. The first-order chi connectivity index (χ1) is 20.7. The number of fused-ring (bicyclic) bond motifs is 9. The van der Waals surface area contributed by atoms with E-state index in [4.69, 9.17) is 0 Å². The summed E-state index contributed by atoms with van der Waals surface area (Å²) in [6.45, 7) is 0. The molecule has 0 atom stereocenters. The smallest absolute Gasteiger partial charge is 0.00141 e. The van der Waals surface area contributed by atoms with Gasteiger partial charge in [-0.2, -0.15) is 0 Å². The van der Waals surface area contributed by atoms with Gasteiger partial charge in [-0.1, -0.05) is 48.5 Å². The van der Waals surface area contributed by atoms with Crippen LogP contribution in [0.5, 0.6) is 0 Å². The molecule has 0 spiro atoms. The summed E-state index contributed by atoms with van der Waals surface area (Å²) in [6, 6.07) is 55.8. The lowest BCUT2D eigenvalue weighted by Crippen LogP contribution is -1.83. The highest BCUT2D eigenvalue weighted by molar-refractivity contribution is 6.14. The Labute approximate surface area is 242 Å². The van der Waals surface area contributed by atoms with Crippen molar-refractivity contribution in [3.63, 3.8) is 0 Å². The van der Waals surface area contributed by atoms with Crippen molar-refractivity contribution < 1.29 is 0 Å². The van der Waals surface area contributed by atoms with E-state index in [1.807, 2.05) is 0 Å². The highest BCUT2D eigenvalue weighted by Gasteiger charge is 2.08. The van der Waals surface area contributed by atoms with Gasteiger partial charge in [0.05, 0.1) is 0 Å². The van der Waals surface area contributed by atoms with Crippen LogP contribution < -0.4 is 0 Å². The fourth-order valence-electron chi connectivity index (χ4n) is 7.05. The average molecular weight is 528 g/mol. The number of hydrogen-bond donors (Lipinski definition) is 0. The summed E-state index contributed by atoms with van der Waals surface area (Å²) in [6.07, 6.45) is 0. The van der Waals surface area contributed by atoms with E-state index < -0.39 is 0 Å². The van der Waals surface area contributed by atoms with Crippen molar-refractivity contribution in [1.82, 2.24) is 0 Å². The van der Waals surface area contributed by atoms with Gasteiger partial charge in [0.15, 0.2) is 0 Å². The largest absolute Gasteiger partial charge is 0.0616 e. The van der Waals surface area contributed by atoms with E-state index in [0.29, 0.717) is 0 Å². The zero-order valence-corrected chi connectivity index (χ0v) is 22.8. The van der Waals surface area contributed by atoms with E-state index in [2.05, 4.69) is 146 Å². The topological polar surface area (TPSA) is 0 Å². The first-order valence-corrected chi connectivity index (χ1v) is 14.6. The van der Waals surface area contributed by atoms with Crippen LogP contribution in [0.25, 0.3) is 97.0 Å². The first kappa shape index (κ1) is 22.3. The van der Waals surface area contributed by atoms with Crippen LogP contribution in [0.4, 0.5) is 0 Å². The molecule has 42 heavy (non-hydrogen) atoms. The summed E-state index contributed by atoms with van der Waals surface area (Å²) in [5, 5.41) is 22.7. The number of rotatable bonds is 0. The molecule has 191 valence electrons. The van der Waals surface area contributed by atoms with Crippen molar-refractivity contribution in [2.24, 2.45) is 0 Å². The van der Waals surface area contributed by atoms with Gasteiger partial charge in [-0.25, -0.2) is 0 Å². The molecule has 0 heterocycles. The Morgan fingerprint density at radius 1 is 0.214 bits per heavy atom. The predicted molar refractivity (Wildman–Crippen MR) is 183 cm³/mol. The van der Waals surface area contributed by atoms with Gasteiger partial charge in [-0.15, -0.1) is 0 Å². The molecule has 0 fully saturated rings. The zero-order valence-electron chi connectivity index (χ0n) is 22.8. The SMILES string of the molecule is [c]1c2ccccc2cc2cc3cc4cc5cc6cc7cc8cc9ccccc9cc8cc7cc6cc5cc4cc3cc12. The van der Waals surface area contributed by atoms with Gasteiger partial charge in [0.1, 0.15) is 0 Å². The van der Waals surface area contributed by atoms with E-state index in [1.54, 1.807) is 0 Å². The molecule has 10 aromatic rings. The maximum absolute atomic E-state index is 3.63. The Morgan fingerprint density at radius 3 is 0.929 bits per heavy atom. The van der Waals surface area contributed by atoms with E-state index in [1.165, 1.54) is 91.6 Å². The molecule has 0 unspecified atom stereocenters. The molecule has 0 nitrogen and oxygen atoms in total. The lowest BCUT2D eigenvalue weighted by atomic mass is 9.94. The van der Waals surface area contributed by atoms with Gasteiger partial charge in [0, 0.05) is 0 Å². The summed E-state index contributed by atoms with van der Waals surface area (Å²) < 4.78 is 0. The number of benzene rings is 10. The van der Waals surface area contributed by atoms with Gasteiger partial charge in [-0.05, 0) is 194 Å². The third-order valence-electron chi connectivity index (χ3n) is 9.19. The highest BCUT2D eigenvalue weighted by atomic mass is 14.1. The van der Waals surface area contributed by atoms with Gasteiger partial charge in [0.25, 0.3) is 0 Å². The molecule has 0 aliphatic heterocycles. The lowest BCUT2D eigenvalue weighted by molar-refractivity contribution is 1.78. The van der Waals surface area contributed by atoms with Gasteiger partial charge >= 0.3 is 0 Å². The van der Waals surface area contributed by atoms with Crippen LogP contribution in [0.3, 0.4) is 0 Å². The fourth-order valence-corrected chi connectivity index (χ4v) is 7.05. The van der Waals surface area contributed by atoms with Gasteiger partial charge in [-0.3, -0.25) is 0 Å². The second-order valence-electron chi connectivity index (χ2n) is 11.8. The van der Waals surface area contributed by atoms with Crippen molar-refractivity contribution in [3.8, 4) is 0 Å². The predicted octanol–water partition coefficient (Wildman–Crippen LogP) is 11.9. The molecule has 0 N–H and O–H groups in total. The lowest BCUT2D eigenvalue weighted by Gasteiger charge is -2.10. The van der Waals surface area contributed by atoms with Crippen molar-refractivity contribution in [1.29, 1.82) is 0 Å². The van der Waals surface area contributed by atoms with Crippen molar-refractivity contribution in [2.45, 2.75) is 0 Å². The van der Waals surface area contributed by atoms with Crippen LogP contribution in [0.1, 0.15) is 0 Å². The van der Waals surface area contributed by atoms with Crippen LogP contribution in [-0.2, 0) is 0 Å². The summed E-state index contributed by atoms with van der Waals surface area (Å²) >= 11 is 0. The Morgan fingerprint density at radius 2 is 0.500 bits per heavy atom. The minimum Gasteiger partial charge on any atom is -0.0616 e. The monoisotopic (exact) mass is 527 g/mol. The standard InChI is InChI=1S/C42H23/c1-2-6-26-10-30-14-34-18-38-22-42-24-40-20-36-16-32-12-28-8-4-3-7-27(28)11-31(32)15-35(36)19-39(40)23-41(42)21-37(38)17-33(34)13-29(30)9-25(26)5-1/h1-11,13-24H. The Bertz CT molecular complexity index is 2400. The first-order valence-electron chi connectivity index (χ1n) is 14.6. The van der Waals surface area contributed by atoms with E-state index in [0.717, 1.165) is 5.39 Å². The van der Waals surface area contributed by atoms with Crippen LogP contribution in [0, 0.1) is 6.07 Å². The third kappa shape index (κ3) is 3.30. The van der Waals surface area contributed by atoms with Crippen molar-refractivity contribution in [2.75, 3.05) is 0 Å². The molecular weight excluding hydrogens is 504 g/mol. The molecular formula is C42H23. The average Bonchev–Trinajstić information content (AvgIpc) is 3.00. The second-order valence-corrected chi connectivity index (χ2v) is 11.8. The normalized spacial score (nSPS) is 12.3. The molecule has 0 saturated carbocycles. The highest BCUT2D eigenvalue weighted by Crippen LogP contribution is 2.35. The van der Waals surface area contributed by atoms with Crippen LogP contribution in [0.15, 0.2) is 140 Å². The molecule has 0 bridgehead atoms.